The summed E-state index contributed by atoms with van der Waals surface area (Å²) in [5.74, 6) is -1.68. The standard InChI is InChI=1S/C27H40N6O4/c28-27(29)31-17-9-13-20-24(35)22(34)15-7-2-1-3-8-16-30-23(19-11-5-4-6-12-19)26(37)33-18-10-14-21(33)25(36)32-20/h4-6,11-12,20-21,23,30H,1-3,7-10,13-18H2,(H,32,36)(H4,28,29,31)/t20-,21-,23+/m0/s1. The number of amides is 2. The Bertz CT molecular complexity index is 963. The van der Waals surface area contributed by atoms with Crippen molar-refractivity contribution in [3.05, 3.63) is 35.9 Å². The third-order valence-corrected chi connectivity index (χ3v) is 7.00. The van der Waals surface area contributed by atoms with Crippen LogP contribution in [0.5, 0.6) is 0 Å². The first kappa shape index (κ1) is 28.3. The monoisotopic (exact) mass is 512 g/mol. The van der Waals surface area contributed by atoms with Crippen LogP contribution in [-0.4, -0.2) is 66.0 Å². The molecule has 1 aromatic rings. The molecule has 2 heterocycles. The zero-order valence-electron chi connectivity index (χ0n) is 21.5. The van der Waals surface area contributed by atoms with Crippen LogP contribution in [0.2, 0.25) is 0 Å². The molecule has 0 saturated carbocycles. The normalized spacial score (nSPS) is 24.8. The summed E-state index contributed by atoms with van der Waals surface area (Å²) in [6.45, 7) is 1.42. The number of hydrogen-bond acceptors (Lipinski definition) is 6. The van der Waals surface area contributed by atoms with E-state index in [0.29, 0.717) is 38.8 Å². The molecule has 0 radical (unpaired) electrons. The number of rotatable bonds is 5. The number of nitrogens with two attached hydrogens (primary N) is 2. The van der Waals surface area contributed by atoms with Gasteiger partial charge in [0.05, 0.1) is 6.04 Å². The Morgan fingerprint density at radius 3 is 2.46 bits per heavy atom. The number of nitrogens with one attached hydrogen (secondary N) is 2. The van der Waals surface area contributed by atoms with Crippen LogP contribution in [0.3, 0.4) is 0 Å². The largest absolute Gasteiger partial charge is 0.370 e. The number of fused-ring (bicyclic) bond motifs is 1. The van der Waals surface area contributed by atoms with Crippen molar-refractivity contribution in [1.82, 2.24) is 15.5 Å². The molecule has 3 atom stereocenters. The molecule has 0 aromatic heterocycles. The fourth-order valence-electron chi connectivity index (χ4n) is 5.01. The van der Waals surface area contributed by atoms with Crippen molar-refractivity contribution in [2.45, 2.75) is 82.3 Å². The first-order valence-electron chi connectivity index (χ1n) is 13.4. The number of nitrogens with zero attached hydrogens (tertiary/aromatic N) is 2. The first-order valence-corrected chi connectivity index (χ1v) is 13.4. The van der Waals surface area contributed by atoms with Crippen LogP contribution < -0.4 is 22.1 Å². The van der Waals surface area contributed by atoms with E-state index in [2.05, 4.69) is 15.6 Å². The number of guanidine groups is 1. The highest BCUT2D eigenvalue weighted by Crippen LogP contribution is 2.24. The third kappa shape index (κ3) is 8.38. The smallest absolute Gasteiger partial charge is 0.244 e. The van der Waals surface area contributed by atoms with Gasteiger partial charge in [-0.25, -0.2) is 0 Å². The van der Waals surface area contributed by atoms with Gasteiger partial charge in [-0.05, 0) is 50.6 Å². The summed E-state index contributed by atoms with van der Waals surface area (Å²) in [7, 11) is 0. The average molecular weight is 513 g/mol. The molecule has 0 unspecified atom stereocenters. The molecule has 0 spiro atoms. The fourth-order valence-corrected chi connectivity index (χ4v) is 5.01. The lowest BCUT2D eigenvalue weighted by Crippen LogP contribution is -2.53. The van der Waals surface area contributed by atoms with Crippen LogP contribution in [0.25, 0.3) is 0 Å². The predicted octanol–water partition coefficient (Wildman–Crippen LogP) is 1.34. The van der Waals surface area contributed by atoms with Gasteiger partial charge in [0.15, 0.2) is 5.96 Å². The van der Waals surface area contributed by atoms with Gasteiger partial charge >= 0.3 is 0 Å². The molecule has 2 fully saturated rings. The Kier molecular flexibility index (Phi) is 11.1. The summed E-state index contributed by atoms with van der Waals surface area (Å²) in [5, 5.41) is 6.20. The number of carbonyl (C=O) groups is 4. The summed E-state index contributed by atoms with van der Waals surface area (Å²) in [6, 6.07) is 7.32. The summed E-state index contributed by atoms with van der Waals surface area (Å²) in [4.78, 5) is 58.3. The Labute approximate surface area is 218 Å². The van der Waals surface area contributed by atoms with Gasteiger partial charge in [-0.1, -0.05) is 49.6 Å². The molecule has 0 aliphatic carbocycles. The van der Waals surface area contributed by atoms with Crippen molar-refractivity contribution in [2.75, 3.05) is 19.6 Å². The highest BCUT2D eigenvalue weighted by Gasteiger charge is 2.39. The van der Waals surface area contributed by atoms with Crippen molar-refractivity contribution < 1.29 is 19.2 Å². The van der Waals surface area contributed by atoms with E-state index >= 15 is 0 Å². The van der Waals surface area contributed by atoms with E-state index in [1.165, 1.54) is 0 Å². The Morgan fingerprint density at radius 1 is 0.973 bits per heavy atom. The van der Waals surface area contributed by atoms with Crippen molar-refractivity contribution in [3.63, 3.8) is 0 Å². The van der Waals surface area contributed by atoms with E-state index in [1.807, 2.05) is 30.3 Å². The van der Waals surface area contributed by atoms with Crippen LogP contribution in [0, 0.1) is 0 Å². The average Bonchev–Trinajstić information content (AvgIpc) is 3.39. The number of ketones is 2. The molecular formula is C27H40N6O4. The van der Waals surface area contributed by atoms with E-state index in [4.69, 9.17) is 11.5 Å². The maximum atomic E-state index is 13.7. The molecular weight excluding hydrogens is 472 g/mol. The molecule has 10 heteroatoms. The molecule has 1 aromatic carbocycles. The summed E-state index contributed by atoms with van der Waals surface area (Å²) in [5.41, 5.74) is 11.6. The van der Waals surface area contributed by atoms with Crippen LogP contribution in [0.15, 0.2) is 35.3 Å². The quantitative estimate of drug-likeness (QED) is 0.200. The van der Waals surface area contributed by atoms with Gasteiger partial charge in [0.1, 0.15) is 12.1 Å². The lowest BCUT2D eigenvalue weighted by Gasteiger charge is -2.30. The minimum Gasteiger partial charge on any atom is -0.370 e. The molecule has 3 rings (SSSR count). The molecule has 2 aliphatic rings. The summed E-state index contributed by atoms with van der Waals surface area (Å²) < 4.78 is 0. The number of hydrogen-bond donors (Lipinski definition) is 4. The zero-order valence-corrected chi connectivity index (χ0v) is 21.5. The predicted molar refractivity (Wildman–Crippen MR) is 141 cm³/mol. The second kappa shape index (κ2) is 14.5. The van der Waals surface area contributed by atoms with E-state index < -0.39 is 35.6 Å². The van der Waals surface area contributed by atoms with Gasteiger partial charge in [-0.15, -0.1) is 0 Å². The van der Waals surface area contributed by atoms with E-state index in [9.17, 15) is 19.2 Å². The van der Waals surface area contributed by atoms with Gasteiger partial charge in [-0.2, -0.15) is 0 Å². The first-order chi connectivity index (χ1) is 17.9. The molecule has 10 nitrogen and oxygen atoms in total. The van der Waals surface area contributed by atoms with Crippen LogP contribution in [0.1, 0.15) is 75.8 Å². The van der Waals surface area contributed by atoms with Crippen LogP contribution in [0.4, 0.5) is 0 Å². The van der Waals surface area contributed by atoms with Gasteiger partial charge in [0.2, 0.25) is 23.4 Å². The maximum Gasteiger partial charge on any atom is 0.244 e. The highest BCUT2D eigenvalue weighted by molar-refractivity contribution is 6.39. The zero-order chi connectivity index (χ0) is 26.6. The van der Waals surface area contributed by atoms with Crippen molar-refractivity contribution >= 4 is 29.3 Å². The third-order valence-electron chi connectivity index (χ3n) is 7.00. The molecule has 6 N–H and O–H groups in total. The topological polar surface area (TPSA) is 160 Å². The Hall–Kier alpha value is -3.27. The molecule has 0 bridgehead atoms. The molecule has 2 saturated heterocycles. The lowest BCUT2D eigenvalue weighted by atomic mass is 9.98. The van der Waals surface area contributed by atoms with E-state index in [0.717, 1.165) is 31.2 Å². The Morgan fingerprint density at radius 2 is 1.70 bits per heavy atom. The van der Waals surface area contributed by atoms with E-state index in [-0.39, 0.29) is 31.3 Å². The minimum absolute atomic E-state index is 0.0537. The molecule has 37 heavy (non-hydrogen) atoms. The Balaban J connectivity index is 1.82. The maximum absolute atomic E-state index is 13.7. The summed E-state index contributed by atoms with van der Waals surface area (Å²) in [6.07, 6.45) is 6.30. The molecule has 202 valence electrons. The lowest BCUT2D eigenvalue weighted by molar-refractivity contribution is -0.142. The molecule has 2 amide bonds. The van der Waals surface area contributed by atoms with Crippen LogP contribution >= 0.6 is 0 Å². The van der Waals surface area contributed by atoms with Crippen molar-refractivity contribution in [3.8, 4) is 0 Å². The summed E-state index contributed by atoms with van der Waals surface area (Å²) >= 11 is 0. The molecule has 2 aliphatic heterocycles. The van der Waals surface area contributed by atoms with Crippen molar-refractivity contribution in [2.24, 2.45) is 16.5 Å². The van der Waals surface area contributed by atoms with Gasteiger partial charge in [-0.3, -0.25) is 24.2 Å². The number of Topliss-reactive ketones (excluding diaryl/α,β-unsaturated/α-hetero) is 2. The van der Waals surface area contributed by atoms with Crippen LogP contribution in [-0.2, 0) is 19.2 Å². The number of aliphatic imine (C=N–C) groups is 1. The second-order valence-corrected chi connectivity index (χ2v) is 9.80. The minimum atomic E-state index is -0.967. The SMILES string of the molecule is NC(N)=NCCC[C@@H]1NC(=O)[C@@H]2CCCN2C(=O)[C@@H](c2ccccc2)NCCCCCCCC(=O)C1=O. The van der Waals surface area contributed by atoms with Gasteiger partial charge in [0.25, 0.3) is 0 Å². The van der Waals surface area contributed by atoms with Crippen molar-refractivity contribution in [1.29, 1.82) is 0 Å². The van der Waals surface area contributed by atoms with Gasteiger partial charge < -0.3 is 27.0 Å². The van der Waals surface area contributed by atoms with Gasteiger partial charge in [0, 0.05) is 19.5 Å². The number of carbonyl (C=O) groups excluding carboxylic acids is 4. The fraction of sp³-hybridized carbons (Fsp3) is 0.593. The second-order valence-electron chi connectivity index (χ2n) is 9.80. The number of benzene rings is 1. The van der Waals surface area contributed by atoms with E-state index in [1.54, 1.807) is 4.90 Å². The highest BCUT2D eigenvalue weighted by atomic mass is 16.2.